The zero-order valence-corrected chi connectivity index (χ0v) is 11.3. The summed E-state index contributed by atoms with van der Waals surface area (Å²) in [6, 6.07) is 0.245. The minimum absolute atomic E-state index is 0.245. The molecular formula is C13H27N3O. The van der Waals surface area contributed by atoms with Gasteiger partial charge in [0.2, 0.25) is 0 Å². The lowest BCUT2D eigenvalue weighted by Gasteiger charge is -2.32. The molecule has 0 spiro atoms. The highest BCUT2D eigenvalue weighted by molar-refractivity contribution is 4.81. The van der Waals surface area contributed by atoms with Crippen LogP contribution in [-0.2, 0) is 4.74 Å². The van der Waals surface area contributed by atoms with E-state index in [0.717, 1.165) is 25.7 Å². The molecule has 2 N–H and O–H groups in total. The summed E-state index contributed by atoms with van der Waals surface area (Å²) in [5, 5.41) is 0. The highest BCUT2D eigenvalue weighted by Gasteiger charge is 2.27. The average molecular weight is 241 g/mol. The van der Waals surface area contributed by atoms with Gasteiger partial charge in [0.1, 0.15) is 0 Å². The largest absolute Gasteiger partial charge is 0.379 e. The predicted molar refractivity (Wildman–Crippen MR) is 70.0 cm³/mol. The van der Waals surface area contributed by atoms with E-state index in [2.05, 4.69) is 23.9 Å². The molecule has 0 amide bonds. The number of ether oxygens (including phenoxy) is 1. The van der Waals surface area contributed by atoms with E-state index in [0.29, 0.717) is 5.92 Å². The summed E-state index contributed by atoms with van der Waals surface area (Å²) < 4.78 is 5.42. The molecule has 2 aliphatic heterocycles. The Labute approximate surface area is 105 Å². The number of nitrogens with zero attached hydrogens (tertiary/aromatic N) is 2. The lowest BCUT2D eigenvalue weighted by Crippen LogP contribution is -2.40. The molecule has 0 aromatic carbocycles. The number of hydrogen-bond acceptors (Lipinski definition) is 4. The lowest BCUT2D eigenvalue weighted by molar-refractivity contribution is 0.150. The summed E-state index contributed by atoms with van der Waals surface area (Å²) in [6.45, 7) is 6.41. The highest BCUT2D eigenvalue weighted by atomic mass is 16.5. The fourth-order valence-corrected chi connectivity index (χ4v) is 2.96. The van der Waals surface area contributed by atoms with Crippen LogP contribution in [0.1, 0.15) is 12.8 Å². The Morgan fingerprint density at radius 1 is 1.24 bits per heavy atom. The Balaban J connectivity index is 1.68. The summed E-state index contributed by atoms with van der Waals surface area (Å²) in [7, 11) is 4.44. The lowest BCUT2D eigenvalue weighted by atomic mass is 9.96. The van der Waals surface area contributed by atoms with Crippen molar-refractivity contribution in [1.82, 2.24) is 9.80 Å². The number of likely N-dealkylation sites (tertiary alicyclic amines) is 1. The normalized spacial score (nSPS) is 32.5. The topological polar surface area (TPSA) is 41.7 Å². The minimum Gasteiger partial charge on any atom is -0.379 e. The average Bonchev–Trinajstić information content (AvgIpc) is 2.68. The van der Waals surface area contributed by atoms with E-state index >= 15 is 0 Å². The fraction of sp³-hybridized carbons (Fsp3) is 1.00. The van der Waals surface area contributed by atoms with Gasteiger partial charge in [0, 0.05) is 25.0 Å². The van der Waals surface area contributed by atoms with Gasteiger partial charge in [-0.3, -0.25) is 0 Å². The van der Waals surface area contributed by atoms with Gasteiger partial charge in [-0.05, 0) is 45.9 Å². The highest BCUT2D eigenvalue weighted by Crippen LogP contribution is 2.18. The molecule has 4 nitrogen and oxygen atoms in total. The van der Waals surface area contributed by atoms with Crippen molar-refractivity contribution in [3.05, 3.63) is 0 Å². The maximum atomic E-state index is 6.02. The molecule has 0 saturated carbocycles. The second-order valence-electron chi connectivity index (χ2n) is 5.93. The minimum atomic E-state index is 0.245. The number of piperidine rings is 1. The number of hydrogen-bond donors (Lipinski definition) is 1. The van der Waals surface area contributed by atoms with Gasteiger partial charge in [0.25, 0.3) is 0 Å². The Bertz CT molecular complexity index is 229. The van der Waals surface area contributed by atoms with E-state index in [1.165, 1.54) is 32.5 Å². The first-order chi connectivity index (χ1) is 8.15. The van der Waals surface area contributed by atoms with Crippen molar-refractivity contribution < 1.29 is 4.74 Å². The van der Waals surface area contributed by atoms with E-state index in [-0.39, 0.29) is 6.04 Å². The molecule has 0 bridgehead atoms. The van der Waals surface area contributed by atoms with Crippen molar-refractivity contribution >= 4 is 0 Å². The summed E-state index contributed by atoms with van der Waals surface area (Å²) >= 11 is 0. The van der Waals surface area contributed by atoms with E-state index in [4.69, 9.17) is 10.5 Å². The van der Waals surface area contributed by atoms with Gasteiger partial charge in [-0.2, -0.15) is 0 Å². The summed E-state index contributed by atoms with van der Waals surface area (Å²) in [6.07, 6.45) is 2.68. The Hall–Kier alpha value is -0.160. The summed E-state index contributed by atoms with van der Waals surface area (Å²) in [4.78, 5) is 4.88. The maximum absolute atomic E-state index is 6.02. The van der Waals surface area contributed by atoms with Crippen LogP contribution in [0.2, 0.25) is 0 Å². The Kier molecular flexibility index (Phi) is 4.79. The molecule has 0 aromatic rings. The molecule has 2 atom stereocenters. The van der Waals surface area contributed by atoms with E-state index in [1.54, 1.807) is 0 Å². The van der Waals surface area contributed by atoms with Gasteiger partial charge < -0.3 is 20.3 Å². The third kappa shape index (κ3) is 3.91. The molecule has 0 aromatic heterocycles. The quantitative estimate of drug-likeness (QED) is 0.765. The number of nitrogens with two attached hydrogens (primary N) is 1. The van der Waals surface area contributed by atoms with Crippen LogP contribution in [0.5, 0.6) is 0 Å². The SMILES string of the molecule is CN1CCC(CN(C)CC2COCC2N)CC1. The van der Waals surface area contributed by atoms with Crippen LogP contribution in [0.3, 0.4) is 0 Å². The van der Waals surface area contributed by atoms with Gasteiger partial charge in [0.05, 0.1) is 13.2 Å². The van der Waals surface area contributed by atoms with Gasteiger partial charge in [-0.25, -0.2) is 0 Å². The molecule has 0 radical (unpaired) electrons. The molecule has 4 heteroatoms. The molecule has 2 rings (SSSR count). The van der Waals surface area contributed by atoms with Gasteiger partial charge in [0.15, 0.2) is 0 Å². The third-order valence-electron chi connectivity index (χ3n) is 4.20. The predicted octanol–water partition coefficient (Wildman–Crippen LogP) is 0.234. The van der Waals surface area contributed by atoms with Crippen molar-refractivity contribution in [3.63, 3.8) is 0 Å². The van der Waals surface area contributed by atoms with Gasteiger partial charge in [-0.15, -0.1) is 0 Å². The smallest absolute Gasteiger partial charge is 0.0621 e. The van der Waals surface area contributed by atoms with Crippen LogP contribution in [-0.4, -0.2) is 69.3 Å². The summed E-state index contributed by atoms with van der Waals surface area (Å²) in [5.74, 6) is 1.40. The van der Waals surface area contributed by atoms with E-state index in [1.807, 2.05) is 0 Å². The standard InChI is InChI=1S/C13H27N3O/c1-15-5-3-11(4-6-15)7-16(2)8-12-9-17-10-13(12)14/h11-13H,3-10,14H2,1-2H3. The Morgan fingerprint density at radius 3 is 2.53 bits per heavy atom. The van der Waals surface area contributed by atoms with Crippen molar-refractivity contribution in [2.24, 2.45) is 17.6 Å². The van der Waals surface area contributed by atoms with Crippen molar-refractivity contribution in [3.8, 4) is 0 Å². The fourth-order valence-electron chi connectivity index (χ4n) is 2.96. The second-order valence-corrected chi connectivity index (χ2v) is 5.93. The molecule has 0 aliphatic carbocycles. The van der Waals surface area contributed by atoms with Crippen LogP contribution >= 0.6 is 0 Å². The Morgan fingerprint density at radius 2 is 1.94 bits per heavy atom. The molecule has 100 valence electrons. The monoisotopic (exact) mass is 241 g/mol. The van der Waals surface area contributed by atoms with Crippen LogP contribution in [0.4, 0.5) is 0 Å². The first-order valence-electron chi connectivity index (χ1n) is 6.85. The molecule has 2 aliphatic rings. The first kappa shape index (κ1) is 13.3. The van der Waals surface area contributed by atoms with Gasteiger partial charge in [-0.1, -0.05) is 0 Å². The number of rotatable bonds is 4. The van der Waals surface area contributed by atoms with Crippen LogP contribution in [0, 0.1) is 11.8 Å². The maximum Gasteiger partial charge on any atom is 0.0621 e. The molecule has 2 heterocycles. The molecule has 2 saturated heterocycles. The molecule has 2 fully saturated rings. The third-order valence-corrected chi connectivity index (χ3v) is 4.20. The van der Waals surface area contributed by atoms with E-state index < -0.39 is 0 Å². The molecule has 2 unspecified atom stereocenters. The summed E-state index contributed by atoms with van der Waals surface area (Å²) in [5.41, 5.74) is 6.02. The zero-order valence-electron chi connectivity index (χ0n) is 11.3. The second kappa shape index (κ2) is 6.14. The van der Waals surface area contributed by atoms with Crippen molar-refractivity contribution in [1.29, 1.82) is 0 Å². The molecule has 17 heavy (non-hydrogen) atoms. The van der Waals surface area contributed by atoms with Gasteiger partial charge >= 0.3 is 0 Å². The van der Waals surface area contributed by atoms with Crippen LogP contribution in [0.15, 0.2) is 0 Å². The molecular weight excluding hydrogens is 214 g/mol. The van der Waals surface area contributed by atoms with E-state index in [9.17, 15) is 0 Å². The zero-order chi connectivity index (χ0) is 12.3. The van der Waals surface area contributed by atoms with Crippen molar-refractivity contribution in [2.45, 2.75) is 18.9 Å². The van der Waals surface area contributed by atoms with Crippen LogP contribution < -0.4 is 5.73 Å². The van der Waals surface area contributed by atoms with Crippen molar-refractivity contribution in [2.75, 3.05) is 53.5 Å². The first-order valence-corrected chi connectivity index (χ1v) is 6.85. The van der Waals surface area contributed by atoms with Crippen LogP contribution in [0.25, 0.3) is 0 Å².